The standard InChI is InChI=1S/C24H25ClN4O4S2/c1-14(17-4-3-5-18(25)9-17)20-10-22(34-15(20)2)23(30)21-11-27-13-28-24(21)29-19-7-6-16(8-19)12-33-35(26,31)32/h3-5,9-11,13,16,19H,1,6-8,12H2,2H3,(H2,26,31,32)(H,27,28,29)/t16-,19+/m1/s1. The van der Waals surface area contributed by atoms with Crippen molar-refractivity contribution in [3.8, 4) is 0 Å². The van der Waals surface area contributed by atoms with Gasteiger partial charge in [-0.05, 0) is 67.0 Å². The predicted octanol–water partition coefficient (Wildman–Crippen LogP) is 4.59. The molecule has 0 amide bonds. The Hall–Kier alpha value is -2.63. The lowest BCUT2D eigenvalue weighted by atomic mass is 9.99. The number of anilines is 1. The van der Waals surface area contributed by atoms with Gasteiger partial charge in [0.05, 0.1) is 17.0 Å². The van der Waals surface area contributed by atoms with Gasteiger partial charge in [-0.25, -0.2) is 15.1 Å². The number of carbonyl (C=O) groups excluding carboxylic acids is 1. The second-order valence-electron chi connectivity index (χ2n) is 8.48. The lowest BCUT2D eigenvalue weighted by Crippen LogP contribution is -2.22. The zero-order valence-electron chi connectivity index (χ0n) is 19.0. The van der Waals surface area contributed by atoms with Crippen LogP contribution >= 0.6 is 22.9 Å². The minimum Gasteiger partial charge on any atom is -0.367 e. The number of hydrogen-bond donors (Lipinski definition) is 2. The summed E-state index contributed by atoms with van der Waals surface area (Å²) in [4.78, 5) is 23.3. The van der Waals surface area contributed by atoms with Crippen molar-refractivity contribution < 1.29 is 17.4 Å². The van der Waals surface area contributed by atoms with Gasteiger partial charge < -0.3 is 5.32 Å². The molecule has 0 radical (unpaired) electrons. The monoisotopic (exact) mass is 532 g/mol. The number of thiophene rings is 1. The average molecular weight is 533 g/mol. The van der Waals surface area contributed by atoms with Gasteiger partial charge in [0.25, 0.3) is 0 Å². The highest BCUT2D eigenvalue weighted by Crippen LogP contribution is 2.34. The molecular formula is C24H25ClN4O4S2. The average Bonchev–Trinajstić information content (AvgIpc) is 3.43. The summed E-state index contributed by atoms with van der Waals surface area (Å²) in [5.41, 5.74) is 2.95. The molecule has 1 aromatic carbocycles. The molecule has 2 aromatic heterocycles. The molecule has 0 unspecified atom stereocenters. The lowest BCUT2D eigenvalue weighted by Gasteiger charge is -2.15. The van der Waals surface area contributed by atoms with Crippen LogP contribution < -0.4 is 10.5 Å². The number of carbonyl (C=O) groups is 1. The van der Waals surface area contributed by atoms with E-state index in [9.17, 15) is 13.2 Å². The summed E-state index contributed by atoms with van der Waals surface area (Å²) in [6, 6.07) is 9.32. The van der Waals surface area contributed by atoms with Gasteiger partial charge in [-0.2, -0.15) is 8.42 Å². The molecule has 2 atom stereocenters. The molecule has 4 rings (SSSR count). The zero-order chi connectivity index (χ0) is 25.2. The lowest BCUT2D eigenvalue weighted by molar-refractivity contribution is 0.104. The van der Waals surface area contributed by atoms with Crippen LogP contribution in [0, 0.1) is 12.8 Å². The van der Waals surface area contributed by atoms with Crippen LogP contribution in [-0.2, 0) is 14.5 Å². The largest absolute Gasteiger partial charge is 0.367 e. The molecular weight excluding hydrogens is 508 g/mol. The summed E-state index contributed by atoms with van der Waals surface area (Å²) in [7, 11) is -3.96. The summed E-state index contributed by atoms with van der Waals surface area (Å²) in [6.07, 6.45) is 5.14. The SMILES string of the molecule is C=C(c1cccc(Cl)c1)c1cc(C(=O)c2cncnc2N[C@H]2CC[C@@H](COS(N)(=O)=O)C2)sc1C. The third-order valence-electron chi connectivity index (χ3n) is 5.95. The van der Waals surface area contributed by atoms with Crippen LogP contribution in [0.3, 0.4) is 0 Å². The molecule has 1 saturated carbocycles. The van der Waals surface area contributed by atoms with Crippen LogP contribution in [0.25, 0.3) is 5.57 Å². The van der Waals surface area contributed by atoms with Gasteiger partial charge in [-0.15, -0.1) is 11.3 Å². The minimum atomic E-state index is -3.96. The van der Waals surface area contributed by atoms with Gasteiger partial charge in [-0.3, -0.25) is 8.98 Å². The van der Waals surface area contributed by atoms with Crippen molar-refractivity contribution in [3.05, 3.63) is 80.9 Å². The number of rotatable bonds is 9. The van der Waals surface area contributed by atoms with Crippen molar-refractivity contribution in [2.75, 3.05) is 11.9 Å². The van der Waals surface area contributed by atoms with E-state index in [-0.39, 0.29) is 24.3 Å². The molecule has 35 heavy (non-hydrogen) atoms. The molecule has 1 fully saturated rings. The van der Waals surface area contributed by atoms with Crippen molar-refractivity contribution >= 4 is 50.4 Å². The molecule has 3 N–H and O–H groups in total. The minimum absolute atomic E-state index is 0.0220. The molecule has 8 nitrogen and oxygen atoms in total. The van der Waals surface area contributed by atoms with Crippen molar-refractivity contribution in [3.63, 3.8) is 0 Å². The number of nitrogens with two attached hydrogens (primary N) is 1. The fourth-order valence-electron chi connectivity index (χ4n) is 4.21. The number of nitrogens with zero attached hydrogens (tertiary/aromatic N) is 2. The number of benzene rings is 1. The number of halogens is 1. The van der Waals surface area contributed by atoms with Crippen LogP contribution in [0.15, 0.2) is 49.4 Å². The zero-order valence-corrected chi connectivity index (χ0v) is 21.4. The van der Waals surface area contributed by atoms with Gasteiger partial charge in [0.2, 0.25) is 5.78 Å². The van der Waals surface area contributed by atoms with E-state index in [1.54, 1.807) is 6.07 Å². The first kappa shape index (κ1) is 25.5. The second kappa shape index (κ2) is 10.5. The maximum Gasteiger partial charge on any atom is 0.333 e. The molecule has 1 aliphatic rings. The van der Waals surface area contributed by atoms with Crippen molar-refractivity contribution in [1.82, 2.24) is 9.97 Å². The molecule has 0 bridgehead atoms. The van der Waals surface area contributed by atoms with E-state index in [2.05, 4.69) is 21.9 Å². The highest BCUT2D eigenvalue weighted by molar-refractivity contribution is 7.84. The number of hydrogen-bond acceptors (Lipinski definition) is 8. The van der Waals surface area contributed by atoms with Gasteiger partial charge in [-0.1, -0.05) is 30.3 Å². The maximum absolute atomic E-state index is 13.4. The van der Waals surface area contributed by atoms with Crippen LogP contribution in [-0.4, -0.2) is 36.8 Å². The molecule has 2 heterocycles. The first-order valence-corrected chi connectivity index (χ1v) is 13.6. The topological polar surface area (TPSA) is 124 Å². The van der Waals surface area contributed by atoms with Gasteiger partial charge in [0, 0.05) is 22.1 Å². The Kier molecular flexibility index (Phi) is 7.67. The van der Waals surface area contributed by atoms with E-state index in [1.165, 1.54) is 23.9 Å². The second-order valence-corrected chi connectivity index (χ2v) is 11.4. The number of aryl methyl sites for hydroxylation is 1. The Labute approximate surface area is 213 Å². The Bertz CT molecular complexity index is 1370. The molecule has 184 valence electrons. The number of aromatic nitrogens is 2. The highest BCUT2D eigenvalue weighted by Gasteiger charge is 2.28. The fraction of sp³-hybridized carbons (Fsp3) is 0.292. The Morgan fingerprint density at radius 2 is 2.11 bits per heavy atom. The van der Waals surface area contributed by atoms with Crippen molar-refractivity contribution in [1.29, 1.82) is 0 Å². The van der Waals surface area contributed by atoms with Gasteiger partial charge >= 0.3 is 10.3 Å². The normalized spacial score (nSPS) is 17.9. The van der Waals surface area contributed by atoms with E-state index in [4.69, 9.17) is 20.9 Å². The smallest absolute Gasteiger partial charge is 0.333 e. The van der Waals surface area contributed by atoms with Gasteiger partial charge in [0.15, 0.2) is 0 Å². The van der Waals surface area contributed by atoms with Crippen molar-refractivity contribution in [2.45, 2.75) is 32.2 Å². The maximum atomic E-state index is 13.4. The molecule has 0 aliphatic heterocycles. The summed E-state index contributed by atoms with van der Waals surface area (Å²) < 4.78 is 26.8. The van der Waals surface area contributed by atoms with Crippen LogP contribution in [0.2, 0.25) is 5.02 Å². The Balaban J connectivity index is 1.50. The third-order valence-corrected chi connectivity index (χ3v) is 7.70. The van der Waals surface area contributed by atoms with E-state index < -0.39 is 10.3 Å². The molecule has 0 spiro atoms. The molecule has 3 aromatic rings. The van der Waals surface area contributed by atoms with E-state index >= 15 is 0 Å². The van der Waals surface area contributed by atoms with Crippen LogP contribution in [0.1, 0.15) is 50.5 Å². The first-order chi connectivity index (χ1) is 16.6. The van der Waals surface area contributed by atoms with Crippen molar-refractivity contribution in [2.24, 2.45) is 11.1 Å². The summed E-state index contributed by atoms with van der Waals surface area (Å²) in [6.45, 7) is 6.21. The Morgan fingerprint density at radius 1 is 1.31 bits per heavy atom. The number of ketones is 1. The fourth-order valence-corrected chi connectivity index (χ4v) is 5.78. The molecule has 0 saturated heterocycles. The summed E-state index contributed by atoms with van der Waals surface area (Å²) in [5, 5.41) is 8.87. The predicted molar refractivity (Wildman–Crippen MR) is 138 cm³/mol. The Morgan fingerprint density at radius 3 is 2.86 bits per heavy atom. The molecule has 11 heteroatoms. The molecule has 1 aliphatic carbocycles. The highest BCUT2D eigenvalue weighted by atomic mass is 35.5. The van der Waals surface area contributed by atoms with E-state index in [0.29, 0.717) is 27.7 Å². The third kappa shape index (κ3) is 6.33. The summed E-state index contributed by atoms with van der Waals surface area (Å²) >= 11 is 7.53. The van der Waals surface area contributed by atoms with Crippen LogP contribution in [0.4, 0.5) is 5.82 Å². The number of nitrogens with one attached hydrogen (secondary N) is 1. The quantitative estimate of drug-likeness (QED) is 0.386. The van der Waals surface area contributed by atoms with Gasteiger partial charge in [0.1, 0.15) is 12.1 Å². The van der Waals surface area contributed by atoms with E-state index in [0.717, 1.165) is 34.4 Å². The summed E-state index contributed by atoms with van der Waals surface area (Å²) in [5.74, 6) is 0.314. The van der Waals surface area contributed by atoms with Crippen LogP contribution in [0.5, 0.6) is 0 Å². The first-order valence-electron chi connectivity index (χ1n) is 10.9. The van der Waals surface area contributed by atoms with E-state index in [1.807, 2.05) is 31.2 Å².